The molecule has 0 heterocycles. The third kappa shape index (κ3) is 3.96. The predicted octanol–water partition coefficient (Wildman–Crippen LogP) is 2.57. The van der Waals surface area contributed by atoms with Gasteiger partial charge in [-0.2, -0.15) is 5.06 Å². The van der Waals surface area contributed by atoms with E-state index in [1.165, 1.54) is 37.3 Å². The van der Waals surface area contributed by atoms with E-state index in [1.807, 2.05) is 0 Å². The summed E-state index contributed by atoms with van der Waals surface area (Å²) in [6.45, 7) is 2.32. The molecule has 24 heavy (non-hydrogen) atoms. The van der Waals surface area contributed by atoms with E-state index in [0.29, 0.717) is 5.06 Å². The van der Waals surface area contributed by atoms with E-state index in [-0.39, 0.29) is 22.7 Å². The van der Waals surface area contributed by atoms with Crippen LogP contribution in [0, 0.1) is 0 Å². The lowest BCUT2D eigenvalue weighted by atomic mass is 10.1. The van der Waals surface area contributed by atoms with Gasteiger partial charge >= 0.3 is 11.9 Å². The monoisotopic (exact) mass is 329 g/mol. The van der Waals surface area contributed by atoms with Crippen LogP contribution in [-0.4, -0.2) is 23.1 Å². The lowest BCUT2D eigenvalue weighted by Gasteiger charge is -2.18. The number of hydrogen-bond acceptors (Lipinski definition) is 6. The van der Waals surface area contributed by atoms with Crippen LogP contribution >= 0.6 is 0 Å². The summed E-state index contributed by atoms with van der Waals surface area (Å²) >= 11 is 0. The second-order valence-corrected chi connectivity index (χ2v) is 4.77. The third-order valence-corrected chi connectivity index (χ3v) is 2.90. The maximum atomic E-state index is 12.5. The van der Waals surface area contributed by atoms with Gasteiger partial charge < -0.3 is 9.47 Å². The number of hydroxylamine groups is 1. The highest BCUT2D eigenvalue weighted by molar-refractivity contribution is 6.07. The van der Waals surface area contributed by atoms with E-state index in [2.05, 4.69) is 0 Å². The Bertz CT molecular complexity index is 772. The second-order valence-electron chi connectivity index (χ2n) is 4.77. The van der Waals surface area contributed by atoms with Crippen LogP contribution in [-0.2, 0) is 9.59 Å². The van der Waals surface area contributed by atoms with E-state index >= 15 is 0 Å². The van der Waals surface area contributed by atoms with Crippen LogP contribution in [0.5, 0.6) is 11.5 Å². The van der Waals surface area contributed by atoms with Crippen LogP contribution in [0.3, 0.4) is 0 Å². The van der Waals surface area contributed by atoms with Gasteiger partial charge in [0.25, 0.3) is 5.91 Å². The molecule has 2 aromatic carbocycles. The van der Waals surface area contributed by atoms with Gasteiger partial charge in [0.2, 0.25) is 0 Å². The summed E-state index contributed by atoms with van der Waals surface area (Å²) in [6, 6.07) is 12.2. The van der Waals surface area contributed by atoms with Gasteiger partial charge in [-0.15, -0.1) is 0 Å². The van der Waals surface area contributed by atoms with Crippen molar-refractivity contribution in [3.05, 3.63) is 54.1 Å². The molecule has 1 N–H and O–H groups in total. The number of benzene rings is 2. The molecule has 2 aromatic rings. The van der Waals surface area contributed by atoms with Gasteiger partial charge in [-0.25, -0.2) is 0 Å². The van der Waals surface area contributed by atoms with Crippen molar-refractivity contribution in [2.75, 3.05) is 5.06 Å². The number of ether oxygens (including phenoxy) is 2. The molecule has 0 bridgehead atoms. The van der Waals surface area contributed by atoms with Crippen LogP contribution < -0.4 is 14.5 Å². The fourth-order valence-electron chi connectivity index (χ4n) is 1.97. The van der Waals surface area contributed by atoms with Gasteiger partial charge in [-0.05, 0) is 24.3 Å². The minimum Gasteiger partial charge on any atom is -0.423 e. The fraction of sp³-hybridized carbons (Fsp3) is 0.118. The number of amides is 1. The van der Waals surface area contributed by atoms with Crippen molar-refractivity contribution < 1.29 is 29.1 Å². The van der Waals surface area contributed by atoms with Gasteiger partial charge in [0.1, 0.15) is 0 Å². The predicted molar refractivity (Wildman–Crippen MR) is 84.1 cm³/mol. The number of hydrogen-bond donors (Lipinski definition) is 1. The Labute approximate surface area is 138 Å². The molecular weight excluding hydrogens is 314 g/mol. The average molecular weight is 329 g/mol. The van der Waals surface area contributed by atoms with E-state index in [1.54, 1.807) is 18.2 Å². The first-order valence-corrected chi connectivity index (χ1v) is 6.98. The van der Waals surface area contributed by atoms with E-state index in [0.717, 1.165) is 6.92 Å². The van der Waals surface area contributed by atoms with Crippen LogP contribution in [0.1, 0.15) is 24.2 Å². The highest BCUT2D eigenvalue weighted by Gasteiger charge is 2.24. The Morgan fingerprint density at radius 1 is 0.875 bits per heavy atom. The van der Waals surface area contributed by atoms with Gasteiger partial charge in [0.05, 0.1) is 11.3 Å². The van der Waals surface area contributed by atoms with Crippen LogP contribution in [0.25, 0.3) is 0 Å². The lowest BCUT2D eigenvalue weighted by molar-refractivity contribution is -0.134. The highest BCUT2D eigenvalue weighted by atomic mass is 16.6. The van der Waals surface area contributed by atoms with E-state index in [9.17, 15) is 19.6 Å². The van der Waals surface area contributed by atoms with Gasteiger partial charge in [0.15, 0.2) is 11.5 Å². The smallest absolute Gasteiger partial charge is 0.308 e. The molecule has 7 nitrogen and oxygen atoms in total. The van der Waals surface area contributed by atoms with Crippen molar-refractivity contribution in [1.29, 1.82) is 0 Å². The highest BCUT2D eigenvalue weighted by Crippen LogP contribution is 2.33. The molecule has 0 aliphatic heterocycles. The zero-order valence-corrected chi connectivity index (χ0v) is 13.1. The summed E-state index contributed by atoms with van der Waals surface area (Å²) in [5, 5.41) is 10.5. The molecule has 0 saturated carbocycles. The summed E-state index contributed by atoms with van der Waals surface area (Å²) in [4.78, 5) is 35.0. The van der Waals surface area contributed by atoms with Crippen molar-refractivity contribution in [2.45, 2.75) is 13.8 Å². The van der Waals surface area contributed by atoms with Gasteiger partial charge in [0, 0.05) is 13.8 Å². The minimum absolute atomic E-state index is 0.0926. The number of carbonyl (C=O) groups excluding carboxylic acids is 3. The van der Waals surface area contributed by atoms with Crippen molar-refractivity contribution in [2.24, 2.45) is 0 Å². The molecule has 0 radical (unpaired) electrons. The summed E-state index contributed by atoms with van der Waals surface area (Å²) < 4.78 is 9.96. The molecule has 0 saturated heterocycles. The molecule has 2 rings (SSSR count). The maximum absolute atomic E-state index is 12.5. The Balaban J connectivity index is 2.46. The zero-order chi connectivity index (χ0) is 17.7. The summed E-state index contributed by atoms with van der Waals surface area (Å²) in [5.74, 6) is -2.51. The number of esters is 2. The molecule has 0 atom stereocenters. The molecule has 0 spiro atoms. The number of anilines is 1. The van der Waals surface area contributed by atoms with E-state index in [4.69, 9.17) is 9.47 Å². The molecular formula is C17H15NO6. The normalized spacial score (nSPS) is 9.96. The SMILES string of the molecule is CC(=O)Oc1cccc(C(=O)N(O)c2ccccc2)c1OC(C)=O. The standard InChI is InChI=1S/C17H15NO6/c1-11(19)23-15-10-6-9-14(16(15)24-12(2)20)17(21)18(22)13-7-4-3-5-8-13/h3-10,22H,1-2H3. The molecule has 0 fully saturated rings. The van der Waals surface area contributed by atoms with Crippen molar-refractivity contribution in [3.63, 3.8) is 0 Å². The quantitative estimate of drug-likeness (QED) is 0.401. The summed E-state index contributed by atoms with van der Waals surface area (Å²) in [7, 11) is 0. The molecule has 1 amide bonds. The zero-order valence-electron chi connectivity index (χ0n) is 13.1. The fourth-order valence-corrected chi connectivity index (χ4v) is 1.97. The Morgan fingerprint density at radius 2 is 1.50 bits per heavy atom. The van der Waals surface area contributed by atoms with Gasteiger partial charge in [-0.1, -0.05) is 24.3 Å². The van der Waals surface area contributed by atoms with Crippen molar-refractivity contribution in [3.8, 4) is 11.5 Å². The van der Waals surface area contributed by atoms with Crippen LogP contribution in [0.15, 0.2) is 48.5 Å². The Hall–Kier alpha value is -3.19. The minimum atomic E-state index is -0.841. The third-order valence-electron chi connectivity index (χ3n) is 2.90. The number of carbonyl (C=O) groups is 3. The van der Waals surface area contributed by atoms with E-state index < -0.39 is 17.8 Å². The maximum Gasteiger partial charge on any atom is 0.308 e. The van der Waals surface area contributed by atoms with Crippen molar-refractivity contribution in [1.82, 2.24) is 0 Å². The average Bonchev–Trinajstić information content (AvgIpc) is 2.55. The van der Waals surface area contributed by atoms with Crippen LogP contribution in [0.2, 0.25) is 0 Å². The molecule has 0 aliphatic rings. The molecule has 7 heteroatoms. The largest absolute Gasteiger partial charge is 0.423 e. The molecule has 0 aromatic heterocycles. The first-order valence-electron chi connectivity index (χ1n) is 6.98. The lowest BCUT2D eigenvalue weighted by Crippen LogP contribution is -2.27. The number of rotatable bonds is 4. The molecule has 124 valence electrons. The Kier molecular flexibility index (Phi) is 5.28. The summed E-state index contributed by atoms with van der Waals surface area (Å²) in [5.41, 5.74) is 0.101. The number of para-hydroxylation sites is 2. The summed E-state index contributed by atoms with van der Waals surface area (Å²) in [6.07, 6.45) is 0. The van der Waals surface area contributed by atoms with Gasteiger partial charge in [-0.3, -0.25) is 19.6 Å². The topological polar surface area (TPSA) is 93.1 Å². The second kappa shape index (κ2) is 7.38. The van der Waals surface area contributed by atoms with Crippen molar-refractivity contribution >= 4 is 23.5 Å². The molecule has 0 unspecified atom stereocenters. The Morgan fingerprint density at radius 3 is 2.08 bits per heavy atom. The first kappa shape index (κ1) is 17.2. The molecule has 0 aliphatic carbocycles. The first-order chi connectivity index (χ1) is 11.4. The number of nitrogens with zero attached hydrogens (tertiary/aromatic N) is 1. The van der Waals surface area contributed by atoms with Crippen LogP contribution in [0.4, 0.5) is 5.69 Å².